The average molecular weight is 332 g/mol. The number of alkyl halides is 1. The Labute approximate surface area is 132 Å². The standard InChI is InChI=1S/C15H22ClNO3S/c1-2-21(18,19)15-5-3-13(4-6-15)17-10-7-14(8-11-17)20-12-9-16/h3-6,14H,2,7-12H2,1H3. The second kappa shape index (κ2) is 7.47. The summed E-state index contributed by atoms with van der Waals surface area (Å²) in [4.78, 5) is 2.66. The van der Waals surface area contributed by atoms with E-state index in [1.807, 2.05) is 12.1 Å². The Kier molecular flexibility index (Phi) is 5.90. The van der Waals surface area contributed by atoms with E-state index in [0.29, 0.717) is 23.5 Å². The maximum absolute atomic E-state index is 11.8. The molecule has 0 atom stereocenters. The van der Waals surface area contributed by atoms with E-state index in [0.717, 1.165) is 31.6 Å². The van der Waals surface area contributed by atoms with Gasteiger partial charge in [-0.15, -0.1) is 11.6 Å². The van der Waals surface area contributed by atoms with Gasteiger partial charge in [0.25, 0.3) is 0 Å². The summed E-state index contributed by atoms with van der Waals surface area (Å²) < 4.78 is 29.2. The van der Waals surface area contributed by atoms with Crippen molar-refractivity contribution >= 4 is 27.1 Å². The molecule has 2 rings (SSSR count). The molecule has 1 fully saturated rings. The molecule has 1 aromatic rings. The van der Waals surface area contributed by atoms with Crippen LogP contribution in [0.25, 0.3) is 0 Å². The van der Waals surface area contributed by atoms with E-state index in [2.05, 4.69) is 4.90 Å². The molecule has 21 heavy (non-hydrogen) atoms. The van der Waals surface area contributed by atoms with Crippen LogP contribution in [0, 0.1) is 0 Å². The van der Waals surface area contributed by atoms with Crippen LogP contribution in [0.3, 0.4) is 0 Å². The molecular formula is C15H22ClNO3S. The third kappa shape index (κ3) is 4.34. The molecule has 4 nitrogen and oxygen atoms in total. The highest BCUT2D eigenvalue weighted by atomic mass is 35.5. The van der Waals surface area contributed by atoms with Crippen molar-refractivity contribution in [1.29, 1.82) is 0 Å². The Balaban J connectivity index is 1.95. The van der Waals surface area contributed by atoms with Crippen LogP contribution in [0.15, 0.2) is 29.2 Å². The highest BCUT2D eigenvalue weighted by Crippen LogP contribution is 2.23. The van der Waals surface area contributed by atoms with Crippen molar-refractivity contribution in [3.63, 3.8) is 0 Å². The van der Waals surface area contributed by atoms with Crippen molar-refractivity contribution in [2.24, 2.45) is 0 Å². The first-order valence-electron chi connectivity index (χ1n) is 7.32. The number of sulfone groups is 1. The molecular weight excluding hydrogens is 310 g/mol. The molecule has 0 radical (unpaired) electrons. The number of piperidine rings is 1. The topological polar surface area (TPSA) is 46.6 Å². The molecule has 1 saturated heterocycles. The molecule has 1 aromatic carbocycles. The van der Waals surface area contributed by atoms with Gasteiger partial charge in [0, 0.05) is 24.7 Å². The molecule has 118 valence electrons. The van der Waals surface area contributed by atoms with Crippen LogP contribution in [0.4, 0.5) is 5.69 Å². The monoisotopic (exact) mass is 331 g/mol. The van der Waals surface area contributed by atoms with Crippen molar-refractivity contribution < 1.29 is 13.2 Å². The van der Waals surface area contributed by atoms with Gasteiger partial charge in [-0.2, -0.15) is 0 Å². The van der Waals surface area contributed by atoms with E-state index < -0.39 is 9.84 Å². The van der Waals surface area contributed by atoms with E-state index in [-0.39, 0.29) is 5.75 Å². The van der Waals surface area contributed by atoms with Crippen LogP contribution in [0.2, 0.25) is 0 Å². The van der Waals surface area contributed by atoms with Gasteiger partial charge >= 0.3 is 0 Å². The Morgan fingerprint density at radius 1 is 1.24 bits per heavy atom. The minimum Gasteiger partial charge on any atom is -0.377 e. The lowest BCUT2D eigenvalue weighted by Crippen LogP contribution is -2.37. The zero-order valence-corrected chi connectivity index (χ0v) is 13.9. The number of ether oxygens (including phenoxy) is 1. The van der Waals surface area contributed by atoms with Gasteiger partial charge in [0.2, 0.25) is 0 Å². The van der Waals surface area contributed by atoms with Crippen molar-refractivity contribution in [3.05, 3.63) is 24.3 Å². The molecule has 6 heteroatoms. The average Bonchev–Trinajstić information content (AvgIpc) is 2.53. The number of halogens is 1. The van der Waals surface area contributed by atoms with Gasteiger partial charge in [-0.3, -0.25) is 0 Å². The Morgan fingerprint density at radius 3 is 2.38 bits per heavy atom. The summed E-state index contributed by atoms with van der Waals surface area (Å²) in [6.07, 6.45) is 2.25. The predicted octanol–water partition coefficient (Wildman–Crippen LogP) is 2.70. The number of rotatable bonds is 6. The molecule has 1 aliphatic heterocycles. The lowest BCUT2D eigenvalue weighted by molar-refractivity contribution is 0.0472. The SMILES string of the molecule is CCS(=O)(=O)c1ccc(N2CCC(OCCCl)CC2)cc1. The highest BCUT2D eigenvalue weighted by molar-refractivity contribution is 7.91. The molecule has 0 amide bonds. The maximum atomic E-state index is 11.8. The maximum Gasteiger partial charge on any atom is 0.178 e. The summed E-state index contributed by atoms with van der Waals surface area (Å²) in [5.74, 6) is 0.670. The Bertz CT molecular complexity index is 537. The molecule has 0 unspecified atom stereocenters. The van der Waals surface area contributed by atoms with Crippen molar-refractivity contribution in [2.75, 3.05) is 36.2 Å². The highest BCUT2D eigenvalue weighted by Gasteiger charge is 2.20. The summed E-state index contributed by atoms with van der Waals surface area (Å²) >= 11 is 5.62. The summed E-state index contributed by atoms with van der Waals surface area (Å²) in [5.41, 5.74) is 1.07. The fourth-order valence-electron chi connectivity index (χ4n) is 2.52. The van der Waals surface area contributed by atoms with Crippen LogP contribution in [0.5, 0.6) is 0 Å². The molecule has 0 bridgehead atoms. The quantitative estimate of drug-likeness (QED) is 0.752. The first-order chi connectivity index (χ1) is 10.1. The van der Waals surface area contributed by atoms with Crippen LogP contribution < -0.4 is 4.90 Å². The van der Waals surface area contributed by atoms with Gasteiger partial charge in [0.15, 0.2) is 9.84 Å². The Hall–Kier alpha value is -0.780. The summed E-state index contributed by atoms with van der Waals surface area (Å²) in [6.45, 7) is 4.12. The molecule has 0 aromatic heterocycles. The molecule has 0 spiro atoms. The van der Waals surface area contributed by atoms with Gasteiger partial charge in [0.1, 0.15) is 0 Å². The van der Waals surface area contributed by atoms with Gasteiger partial charge in [-0.25, -0.2) is 8.42 Å². The zero-order chi connectivity index (χ0) is 15.3. The minimum atomic E-state index is -3.12. The molecule has 0 aliphatic carbocycles. The number of hydrogen-bond donors (Lipinski definition) is 0. The summed E-state index contributed by atoms with van der Waals surface area (Å²) in [5, 5.41) is 0. The Morgan fingerprint density at radius 2 is 1.86 bits per heavy atom. The van der Waals surface area contributed by atoms with Crippen LogP contribution in [0.1, 0.15) is 19.8 Å². The van der Waals surface area contributed by atoms with Crippen molar-refractivity contribution in [1.82, 2.24) is 0 Å². The molecule has 1 aliphatic rings. The lowest BCUT2D eigenvalue weighted by atomic mass is 10.1. The predicted molar refractivity (Wildman–Crippen MR) is 86.1 cm³/mol. The number of nitrogens with zero attached hydrogens (tertiary/aromatic N) is 1. The van der Waals surface area contributed by atoms with E-state index in [4.69, 9.17) is 16.3 Å². The van der Waals surface area contributed by atoms with E-state index in [1.165, 1.54) is 0 Å². The van der Waals surface area contributed by atoms with Crippen molar-refractivity contribution in [2.45, 2.75) is 30.8 Å². The van der Waals surface area contributed by atoms with Gasteiger partial charge in [0.05, 0.1) is 23.4 Å². The number of anilines is 1. The van der Waals surface area contributed by atoms with Crippen LogP contribution in [-0.2, 0) is 14.6 Å². The van der Waals surface area contributed by atoms with E-state index >= 15 is 0 Å². The molecule has 0 N–H and O–H groups in total. The van der Waals surface area contributed by atoms with Gasteiger partial charge < -0.3 is 9.64 Å². The largest absolute Gasteiger partial charge is 0.377 e. The van der Waals surface area contributed by atoms with Gasteiger partial charge in [-0.05, 0) is 37.1 Å². The van der Waals surface area contributed by atoms with E-state index in [1.54, 1.807) is 19.1 Å². The molecule has 0 saturated carbocycles. The van der Waals surface area contributed by atoms with Crippen LogP contribution >= 0.6 is 11.6 Å². The zero-order valence-electron chi connectivity index (χ0n) is 12.3. The van der Waals surface area contributed by atoms with Gasteiger partial charge in [-0.1, -0.05) is 6.92 Å². The van der Waals surface area contributed by atoms with Crippen molar-refractivity contribution in [3.8, 4) is 0 Å². The lowest BCUT2D eigenvalue weighted by Gasteiger charge is -2.33. The second-order valence-corrected chi connectivity index (χ2v) is 7.80. The third-order valence-electron chi connectivity index (χ3n) is 3.81. The fraction of sp³-hybridized carbons (Fsp3) is 0.600. The summed E-state index contributed by atoms with van der Waals surface area (Å²) in [6, 6.07) is 7.18. The normalized spacial score (nSPS) is 17.1. The minimum absolute atomic E-state index is 0.135. The van der Waals surface area contributed by atoms with Crippen LogP contribution in [-0.4, -0.2) is 45.9 Å². The summed E-state index contributed by atoms with van der Waals surface area (Å²) in [7, 11) is -3.12. The number of benzene rings is 1. The second-order valence-electron chi connectivity index (χ2n) is 5.14. The molecule has 1 heterocycles. The third-order valence-corrected chi connectivity index (χ3v) is 5.72. The first-order valence-corrected chi connectivity index (χ1v) is 9.51. The smallest absolute Gasteiger partial charge is 0.178 e. The first kappa shape index (κ1) is 16.6. The number of hydrogen-bond acceptors (Lipinski definition) is 4. The van der Waals surface area contributed by atoms with E-state index in [9.17, 15) is 8.42 Å². The fourth-order valence-corrected chi connectivity index (χ4v) is 3.50.